The van der Waals surface area contributed by atoms with Gasteiger partial charge < -0.3 is 10.5 Å². The lowest BCUT2D eigenvalue weighted by Crippen LogP contribution is -2.24. The van der Waals surface area contributed by atoms with E-state index in [1.807, 2.05) is 6.07 Å². The molecule has 3 nitrogen and oxygen atoms in total. The predicted octanol–water partition coefficient (Wildman–Crippen LogP) is 2.95. The minimum atomic E-state index is 0.386. The first-order valence-electron chi connectivity index (χ1n) is 7.29. The van der Waals surface area contributed by atoms with E-state index in [9.17, 15) is 0 Å². The normalized spacial score (nSPS) is 20.4. The van der Waals surface area contributed by atoms with E-state index in [0.717, 1.165) is 23.8 Å². The van der Waals surface area contributed by atoms with E-state index in [0.29, 0.717) is 4.99 Å². The van der Waals surface area contributed by atoms with E-state index < -0.39 is 0 Å². The summed E-state index contributed by atoms with van der Waals surface area (Å²) in [7, 11) is 1.66. The molecule has 0 amide bonds. The first kappa shape index (κ1) is 15.3. The van der Waals surface area contributed by atoms with Gasteiger partial charge in [0.05, 0.1) is 12.7 Å². The predicted molar refractivity (Wildman–Crippen MR) is 87.2 cm³/mol. The number of ether oxygens (including phenoxy) is 1. The highest BCUT2D eigenvalue weighted by Crippen LogP contribution is 2.23. The minimum absolute atomic E-state index is 0.386. The zero-order chi connectivity index (χ0) is 14.5. The number of hydrogen-bond acceptors (Lipinski definition) is 3. The molecule has 1 saturated heterocycles. The quantitative estimate of drug-likeness (QED) is 0.866. The lowest BCUT2D eigenvalue weighted by atomic mass is 10.0. The molecule has 1 unspecified atom stereocenters. The Labute approximate surface area is 127 Å². The van der Waals surface area contributed by atoms with E-state index >= 15 is 0 Å². The summed E-state index contributed by atoms with van der Waals surface area (Å²) in [6.45, 7) is 5.69. The van der Waals surface area contributed by atoms with Crippen molar-refractivity contribution in [1.82, 2.24) is 4.90 Å². The smallest absolute Gasteiger partial charge is 0.129 e. The van der Waals surface area contributed by atoms with Crippen molar-refractivity contribution in [1.29, 1.82) is 0 Å². The van der Waals surface area contributed by atoms with E-state index in [1.54, 1.807) is 7.11 Å². The molecule has 0 aromatic heterocycles. The summed E-state index contributed by atoms with van der Waals surface area (Å²) < 4.78 is 5.39. The van der Waals surface area contributed by atoms with Crippen LogP contribution in [0, 0.1) is 5.92 Å². The van der Waals surface area contributed by atoms with Gasteiger partial charge in [-0.15, -0.1) is 0 Å². The zero-order valence-electron chi connectivity index (χ0n) is 12.4. The van der Waals surface area contributed by atoms with Gasteiger partial charge in [0.1, 0.15) is 10.7 Å². The Balaban J connectivity index is 2.07. The maximum Gasteiger partial charge on any atom is 0.129 e. The van der Waals surface area contributed by atoms with Gasteiger partial charge in [0.2, 0.25) is 0 Å². The van der Waals surface area contributed by atoms with E-state index in [-0.39, 0.29) is 0 Å². The summed E-state index contributed by atoms with van der Waals surface area (Å²) >= 11 is 5.04. The molecular weight excluding hydrogens is 268 g/mol. The highest BCUT2D eigenvalue weighted by Gasteiger charge is 2.15. The number of likely N-dealkylation sites (tertiary alicyclic amines) is 1. The third kappa shape index (κ3) is 3.93. The molecule has 1 aliphatic heterocycles. The third-order valence-electron chi connectivity index (χ3n) is 4.05. The van der Waals surface area contributed by atoms with E-state index in [1.165, 1.54) is 37.9 Å². The van der Waals surface area contributed by atoms with Gasteiger partial charge >= 0.3 is 0 Å². The minimum Gasteiger partial charge on any atom is -0.496 e. The van der Waals surface area contributed by atoms with Crippen molar-refractivity contribution in [2.45, 2.75) is 32.7 Å². The summed E-state index contributed by atoms with van der Waals surface area (Å²) in [6.07, 6.45) is 3.94. The molecule has 1 aromatic carbocycles. The molecule has 1 heterocycles. The number of benzene rings is 1. The van der Waals surface area contributed by atoms with Crippen LogP contribution >= 0.6 is 12.2 Å². The molecule has 0 bridgehead atoms. The van der Waals surface area contributed by atoms with Crippen molar-refractivity contribution < 1.29 is 4.74 Å². The van der Waals surface area contributed by atoms with Gasteiger partial charge in [-0.3, -0.25) is 4.90 Å². The molecule has 2 rings (SSSR count). The van der Waals surface area contributed by atoms with Crippen LogP contribution in [0.5, 0.6) is 5.75 Å². The Hall–Kier alpha value is -1.13. The van der Waals surface area contributed by atoms with Gasteiger partial charge in [-0.25, -0.2) is 0 Å². The molecule has 110 valence electrons. The van der Waals surface area contributed by atoms with Crippen molar-refractivity contribution in [2.24, 2.45) is 11.7 Å². The van der Waals surface area contributed by atoms with Crippen LogP contribution in [0.3, 0.4) is 0 Å². The van der Waals surface area contributed by atoms with E-state index in [4.69, 9.17) is 22.7 Å². The SMILES string of the molecule is COc1cc(CN2CCCC(C)CC2)ccc1C(N)=S. The van der Waals surface area contributed by atoms with Crippen LogP contribution in [-0.2, 0) is 6.54 Å². The molecule has 1 atom stereocenters. The molecule has 2 N–H and O–H groups in total. The molecular formula is C16H24N2OS. The highest BCUT2D eigenvalue weighted by atomic mass is 32.1. The van der Waals surface area contributed by atoms with Crippen molar-refractivity contribution in [3.63, 3.8) is 0 Å². The fourth-order valence-electron chi connectivity index (χ4n) is 2.78. The van der Waals surface area contributed by atoms with Gasteiger partial charge in [0, 0.05) is 6.54 Å². The van der Waals surface area contributed by atoms with Crippen molar-refractivity contribution in [3.05, 3.63) is 29.3 Å². The topological polar surface area (TPSA) is 38.5 Å². The largest absolute Gasteiger partial charge is 0.496 e. The molecule has 1 aromatic rings. The van der Waals surface area contributed by atoms with Gasteiger partial charge in [0.25, 0.3) is 0 Å². The summed E-state index contributed by atoms with van der Waals surface area (Å²) in [5.41, 5.74) is 7.78. The van der Waals surface area contributed by atoms with Crippen molar-refractivity contribution in [2.75, 3.05) is 20.2 Å². The summed E-state index contributed by atoms with van der Waals surface area (Å²) in [4.78, 5) is 2.91. The first-order chi connectivity index (χ1) is 9.60. The second-order valence-electron chi connectivity index (χ2n) is 5.71. The molecule has 1 fully saturated rings. The first-order valence-corrected chi connectivity index (χ1v) is 7.70. The number of thiocarbonyl (C=S) groups is 1. The zero-order valence-corrected chi connectivity index (χ0v) is 13.2. The Morgan fingerprint density at radius 2 is 2.20 bits per heavy atom. The maximum atomic E-state index is 5.70. The number of hydrogen-bond donors (Lipinski definition) is 1. The summed E-state index contributed by atoms with van der Waals surface area (Å²) in [6, 6.07) is 6.13. The summed E-state index contributed by atoms with van der Waals surface area (Å²) in [5, 5.41) is 0. The van der Waals surface area contributed by atoms with Crippen molar-refractivity contribution in [3.8, 4) is 5.75 Å². The molecule has 0 aliphatic carbocycles. The fraction of sp³-hybridized carbons (Fsp3) is 0.562. The van der Waals surface area contributed by atoms with Gasteiger partial charge in [-0.1, -0.05) is 25.2 Å². The Bertz CT molecular complexity index is 476. The maximum absolute atomic E-state index is 5.70. The standard InChI is InChI=1S/C16H24N2OS/c1-12-4-3-8-18(9-7-12)11-13-5-6-14(16(17)20)15(10-13)19-2/h5-6,10,12H,3-4,7-9,11H2,1-2H3,(H2,17,20). The molecule has 4 heteroatoms. The molecule has 20 heavy (non-hydrogen) atoms. The Kier molecular flexibility index (Phi) is 5.38. The fourth-order valence-corrected chi connectivity index (χ4v) is 2.94. The van der Waals surface area contributed by atoms with Crippen LogP contribution in [-0.4, -0.2) is 30.1 Å². The number of rotatable bonds is 4. The Morgan fingerprint density at radius 3 is 2.90 bits per heavy atom. The van der Waals surface area contributed by atoms with Gasteiger partial charge in [0.15, 0.2) is 0 Å². The lowest BCUT2D eigenvalue weighted by Gasteiger charge is -2.20. The molecule has 0 spiro atoms. The number of methoxy groups -OCH3 is 1. The second-order valence-corrected chi connectivity index (χ2v) is 6.15. The van der Waals surface area contributed by atoms with Crippen LogP contribution in [0.25, 0.3) is 0 Å². The van der Waals surface area contributed by atoms with Gasteiger partial charge in [-0.05, 0) is 56.0 Å². The molecule has 1 aliphatic rings. The number of nitrogens with zero attached hydrogens (tertiary/aromatic N) is 1. The monoisotopic (exact) mass is 292 g/mol. The van der Waals surface area contributed by atoms with Crippen LogP contribution < -0.4 is 10.5 Å². The lowest BCUT2D eigenvalue weighted by molar-refractivity contribution is 0.273. The van der Waals surface area contributed by atoms with Crippen LogP contribution in [0.4, 0.5) is 0 Å². The van der Waals surface area contributed by atoms with Crippen LogP contribution in [0.1, 0.15) is 37.3 Å². The molecule has 0 saturated carbocycles. The van der Waals surface area contributed by atoms with Gasteiger partial charge in [-0.2, -0.15) is 0 Å². The Morgan fingerprint density at radius 1 is 1.40 bits per heavy atom. The van der Waals surface area contributed by atoms with Crippen LogP contribution in [0.2, 0.25) is 0 Å². The number of nitrogens with two attached hydrogens (primary N) is 1. The van der Waals surface area contributed by atoms with E-state index in [2.05, 4.69) is 24.0 Å². The third-order valence-corrected chi connectivity index (χ3v) is 4.27. The van der Waals surface area contributed by atoms with Crippen LogP contribution in [0.15, 0.2) is 18.2 Å². The average molecular weight is 292 g/mol. The molecule has 0 radical (unpaired) electrons. The average Bonchev–Trinajstić information content (AvgIpc) is 2.63. The second kappa shape index (κ2) is 7.04. The highest BCUT2D eigenvalue weighted by molar-refractivity contribution is 7.80. The van der Waals surface area contributed by atoms with Crippen molar-refractivity contribution >= 4 is 17.2 Å². The summed E-state index contributed by atoms with van der Waals surface area (Å²) in [5.74, 6) is 1.63.